The van der Waals surface area contributed by atoms with Crippen LogP contribution in [0.5, 0.6) is 5.75 Å². The van der Waals surface area contributed by atoms with Crippen LogP contribution in [0.25, 0.3) is 0 Å². The van der Waals surface area contributed by atoms with Crippen LogP contribution in [-0.2, 0) is 6.61 Å². The molecule has 0 aliphatic rings. The maximum absolute atomic E-state index is 13.1. The third-order valence-electron chi connectivity index (χ3n) is 2.90. The Morgan fingerprint density at radius 2 is 1.61 bits per heavy atom. The summed E-state index contributed by atoms with van der Waals surface area (Å²) in [6.07, 6.45) is 0. The van der Waals surface area contributed by atoms with Gasteiger partial charge in [-0.1, -0.05) is 12.1 Å². The summed E-state index contributed by atoms with van der Waals surface area (Å²) in [4.78, 5) is 0. The lowest BCUT2D eigenvalue weighted by Crippen LogP contribution is -1.99. The largest absolute Gasteiger partial charge is 0.489 e. The van der Waals surface area contributed by atoms with Crippen LogP contribution in [0.1, 0.15) is 22.3 Å². The fourth-order valence-electron chi connectivity index (χ4n) is 1.97. The van der Waals surface area contributed by atoms with Gasteiger partial charge in [0.25, 0.3) is 0 Å². The first-order valence-corrected chi connectivity index (χ1v) is 6.01. The van der Waals surface area contributed by atoms with Crippen LogP contribution in [0.3, 0.4) is 0 Å². The van der Waals surface area contributed by atoms with Crippen molar-refractivity contribution in [2.75, 3.05) is 0 Å². The highest BCUT2D eigenvalue weighted by Gasteiger charge is 2.02. The SMILES string of the molecule is Cc1cc(C)cc(OCc2cc(F)ccc2C)c1. The molecule has 0 saturated carbocycles. The zero-order valence-electron chi connectivity index (χ0n) is 11.0. The molecule has 0 amide bonds. The van der Waals surface area contributed by atoms with Gasteiger partial charge < -0.3 is 4.74 Å². The Kier molecular flexibility index (Phi) is 3.66. The van der Waals surface area contributed by atoms with E-state index in [0.717, 1.165) is 16.9 Å². The molecule has 0 spiro atoms. The number of hydrogen-bond acceptors (Lipinski definition) is 1. The van der Waals surface area contributed by atoms with Crippen molar-refractivity contribution in [3.8, 4) is 5.75 Å². The highest BCUT2D eigenvalue weighted by molar-refractivity contribution is 5.33. The molecule has 0 N–H and O–H groups in total. The second kappa shape index (κ2) is 5.21. The van der Waals surface area contributed by atoms with Gasteiger partial charge in [0.1, 0.15) is 18.2 Å². The zero-order valence-corrected chi connectivity index (χ0v) is 11.0. The lowest BCUT2D eigenvalue weighted by Gasteiger charge is -2.10. The standard InChI is InChI=1S/C16H17FO/c1-11-6-12(2)8-16(7-11)18-10-14-9-15(17)5-4-13(14)3/h4-9H,10H2,1-3H3. The van der Waals surface area contributed by atoms with Crippen LogP contribution in [-0.4, -0.2) is 0 Å². The molecule has 2 aromatic rings. The Hall–Kier alpha value is -1.83. The van der Waals surface area contributed by atoms with Crippen molar-refractivity contribution < 1.29 is 9.13 Å². The van der Waals surface area contributed by atoms with Gasteiger partial charge in [-0.2, -0.15) is 0 Å². The molecular formula is C16H17FO. The minimum atomic E-state index is -0.223. The highest BCUT2D eigenvalue weighted by Crippen LogP contribution is 2.19. The first kappa shape index (κ1) is 12.6. The maximum Gasteiger partial charge on any atom is 0.123 e. The fourth-order valence-corrected chi connectivity index (χ4v) is 1.97. The van der Waals surface area contributed by atoms with Crippen molar-refractivity contribution in [2.24, 2.45) is 0 Å². The van der Waals surface area contributed by atoms with Crippen molar-refractivity contribution in [2.45, 2.75) is 27.4 Å². The van der Waals surface area contributed by atoms with Crippen molar-refractivity contribution in [3.05, 3.63) is 64.5 Å². The molecule has 0 fully saturated rings. The van der Waals surface area contributed by atoms with E-state index < -0.39 is 0 Å². The van der Waals surface area contributed by atoms with E-state index >= 15 is 0 Å². The Balaban J connectivity index is 2.13. The van der Waals surface area contributed by atoms with Crippen molar-refractivity contribution in [3.63, 3.8) is 0 Å². The van der Waals surface area contributed by atoms with Crippen LogP contribution in [0.15, 0.2) is 36.4 Å². The molecule has 2 heteroatoms. The number of halogens is 1. The van der Waals surface area contributed by atoms with E-state index in [4.69, 9.17) is 4.74 Å². The summed E-state index contributed by atoms with van der Waals surface area (Å²) >= 11 is 0. The number of rotatable bonds is 3. The molecule has 18 heavy (non-hydrogen) atoms. The van der Waals surface area contributed by atoms with Gasteiger partial charge in [-0.25, -0.2) is 4.39 Å². The Labute approximate surface area is 107 Å². The smallest absolute Gasteiger partial charge is 0.123 e. The van der Waals surface area contributed by atoms with E-state index in [2.05, 4.69) is 6.07 Å². The predicted molar refractivity (Wildman–Crippen MR) is 71.4 cm³/mol. The molecule has 0 unspecified atom stereocenters. The van der Waals surface area contributed by atoms with Crippen molar-refractivity contribution in [1.29, 1.82) is 0 Å². The minimum Gasteiger partial charge on any atom is -0.489 e. The van der Waals surface area contributed by atoms with Gasteiger partial charge in [0, 0.05) is 0 Å². The number of benzene rings is 2. The quantitative estimate of drug-likeness (QED) is 0.780. The van der Waals surface area contributed by atoms with Gasteiger partial charge in [0.2, 0.25) is 0 Å². The molecule has 1 nitrogen and oxygen atoms in total. The Morgan fingerprint density at radius 3 is 2.28 bits per heavy atom. The fraction of sp³-hybridized carbons (Fsp3) is 0.250. The molecule has 0 aliphatic carbocycles. The van der Waals surface area contributed by atoms with E-state index in [1.807, 2.05) is 32.9 Å². The lowest BCUT2D eigenvalue weighted by molar-refractivity contribution is 0.304. The second-order valence-electron chi connectivity index (χ2n) is 4.68. The zero-order chi connectivity index (χ0) is 13.1. The van der Waals surface area contributed by atoms with Gasteiger partial charge >= 0.3 is 0 Å². The molecule has 0 aliphatic heterocycles. The molecule has 0 aromatic heterocycles. The average Bonchev–Trinajstić information content (AvgIpc) is 2.29. The number of aryl methyl sites for hydroxylation is 3. The topological polar surface area (TPSA) is 9.23 Å². The first-order valence-electron chi connectivity index (χ1n) is 6.01. The molecular weight excluding hydrogens is 227 g/mol. The summed E-state index contributed by atoms with van der Waals surface area (Å²) in [7, 11) is 0. The van der Waals surface area contributed by atoms with Crippen LogP contribution in [0, 0.1) is 26.6 Å². The van der Waals surface area contributed by atoms with Crippen molar-refractivity contribution >= 4 is 0 Å². The third-order valence-corrected chi connectivity index (χ3v) is 2.90. The summed E-state index contributed by atoms with van der Waals surface area (Å²) in [5, 5.41) is 0. The van der Waals surface area contributed by atoms with Crippen LogP contribution < -0.4 is 4.74 Å². The van der Waals surface area contributed by atoms with Gasteiger partial charge in [0.15, 0.2) is 0 Å². The third kappa shape index (κ3) is 3.10. The molecule has 2 aromatic carbocycles. The normalized spacial score (nSPS) is 10.4. The molecule has 0 radical (unpaired) electrons. The van der Waals surface area contributed by atoms with E-state index in [0.29, 0.717) is 6.61 Å². The van der Waals surface area contributed by atoms with Gasteiger partial charge in [-0.05, 0) is 67.3 Å². The van der Waals surface area contributed by atoms with E-state index in [9.17, 15) is 4.39 Å². The predicted octanol–water partition coefficient (Wildman–Crippen LogP) is 4.33. The van der Waals surface area contributed by atoms with E-state index in [-0.39, 0.29) is 5.82 Å². The van der Waals surface area contributed by atoms with Crippen molar-refractivity contribution in [1.82, 2.24) is 0 Å². The number of ether oxygens (including phenoxy) is 1. The van der Waals surface area contributed by atoms with Crippen LogP contribution in [0.4, 0.5) is 4.39 Å². The molecule has 0 saturated heterocycles. The summed E-state index contributed by atoms with van der Waals surface area (Å²) in [5.74, 6) is 0.607. The van der Waals surface area contributed by atoms with Gasteiger partial charge in [0.05, 0.1) is 0 Å². The second-order valence-corrected chi connectivity index (χ2v) is 4.68. The Bertz CT molecular complexity index is 541. The average molecular weight is 244 g/mol. The molecule has 0 atom stereocenters. The van der Waals surface area contributed by atoms with Gasteiger partial charge in [-0.3, -0.25) is 0 Å². The molecule has 2 rings (SSSR count). The van der Waals surface area contributed by atoms with Crippen LogP contribution >= 0.6 is 0 Å². The summed E-state index contributed by atoms with van der Waals surface area (Å²) in [5.41, 5.74) is 4.26. The summed E-state index contributed by atoms with van der Waals surface area (Å²) in [6.45, 7) is 6.42. The Morgan fingerprint density at radius 1 is 0.944 bits per heavy atom. The molecule has 94 valence electrons. The highest BCUT2D eigenvalue weighted by atomic mass is 19.1. The number of hydrogen-bond donors (Lipinski definition) is 0. The first-order chi connectivity index (χ1) is 8.54. The van der Waals surface area contributed by atoms with E-state index in [1.54, 1.807) is 6.07 Å². The minimum absolute atomic E-state index is 0.223. The summed E-state index contributed by atoms with van der Waals surface area (Å²) in [6, 6.07) is 10.8. The van der Waals surface area contributed by atoms with E-state index in [1.165, 1.54) is 23.3 Å². The monoisotopic (exact) mass is 244 g/mol. The lowest BCUT2D eigenvalue weighted by atomic mass is 10.1. The van der Waals surface area contributed by atoms with Crippen LogP contribution in [0.2, 0.25) is 0 Å². The molecule has 0 bridgehead atoms. The molecule has 0 heterocycles. The summed E-state index contributed by atoms with van der Waals surface area (Å²) < 4.78 is 18.9. The van der Waals surface area contributed by atoms with Gasteiger partial charge in [-0.15, -0.1) is 0 Å². The maximum atomic E-state index is 13.1.